The lowest BCUT2D eigenvalue weighted by Crippen LogP contribution is -2.50. The van der Waals surface area contributed by atoms with Crippen LogP contribution in [-0.4, -0.2) is 56.2 Å². The summed E-state index contributed by atoms with van der Waals surface area (Å²) in [6, 6.07) is 0. The number of hydrogen-bond donors (Lipinski definition) is 1. The van der Waals surface area contributed by atoms with Gasteiger partial charge in [0.1, 0.15) is 0 Å². The van der Waals surface area contributed by atoms with E-state index in [2.05, 4.69) is 50.0 Å². The fraction of sp³-hybridized carbons (Fsp3) is 1.00. The van der Waals surface area contributed by atoms with Crippen LogP contribution in [0.3, 0.4) is 0 Å². The first-order valence-electron chi connectivity index (χ1n) is 8.77. The quantitative estimate of drug-likeness (QED) is 0.389. The molecule has 122 valence electrons. The van der Waals surface area contributed by atoms with Crippen LogP contribution in [0.5, 0.6) is 0 Å². The zero-order valence-electron chi connectivity index (χ0n) is 14.7. The maximum absolute atomic E-state index is 3.75. The Labute approximate surface area is 128 Å². The largest absolute Gasteiger partial charge is 0.303 e. The molecule has 0 spiro atoms. The Kier molecular flexibility index (Phi) is 13.8. The van der Waals surface area contributed by atoms with E-state index in [9.17, 15) is 0 Å². The lowest BCUT2D eigenvalue weighted by atomic mass is 10.1. The average molecular weight is 286 g/mol. The van der Waals surface area contributed by atoms with E-state index in [4.69, 9.17) is 0 Å². The van der Waals surface area contributed by atoms with E-state index in [0.29, 0.717) is 6.17 Å². The summed E-state index contributed by atoms with van der Waals surface area (Å²) < 4.78 is 0. The summed E-state index contributed by atoms with van der Waals surface area (Å²) >= 11 is 0. The van der Waals surface area contributed by atoms with Gasteiger partial charge in [0.25, 0.3) is 0 Å². The fourth-order valence-corrected chi connectivity index (χ4v) is 2.63. The van der Waals surface area contributed by atoms with Gasteiger partial charge in [0.15, 0.2) is 0 Å². The van der Waals surface area contributed by atoms with E-state index in [-0.39, 0.29) is 0 Å². The summed E-state index contributed by atoms with van der Waals surface area (Å²) in [6.07, 6.45) is 9.75. The molecule has 0 radical (unpaired) electrons. The highest BCUT2D eigenvalue weighted by Crippen LogP contribution is 2.03. The fourth-order valence-electron chi connectivity index (χ4n) is 2.63. The second-order valence-corrected chi connectivity index (χ2v) is 6.13. The zero-order valence-corrected chi connectivity index (χ0v) is 14.7. The third-order valence-electron chi connectivity index (χ3n) is 3.86. The molecule has 1 unspecified atom stereocenters. The van der Waals surface area contributed by atoms with E-state index < -0.39 is 0 Å². The second-order valence-electron chi connectivity index (χ2n) is 6.13. The van der Waals surface area contributed by atoms with E-state index in [1.165, 1.54) is 58.0 Å². The Morgan fingerprint density at radius 3 is 2.05 bits per heavy atom. The van der Waals surface area contributed by atoms with Crippen LogP contribution in [0.4, 0.5) is 0 Å². The Balaban J connectivity index is 3.98. The van der Waals surface area contributed by atoms with E-state index in [1.54, 1.807) is 0 Å². The van der Waals surface area contributed by atoms with Gasteiger partial charge in [-0.3, -0.25) is 4.90 Å². The van der Waals surface area contributed by atoms with Crippen molar-refractivity contribution >= 4 is 0 Å². The minimum absolute atomic E-state index is 0.498. The summed E-state index contributed by atoms with van der Waals surface area (Å²) in [6.45, 7) is 11.4. The number of hydrogen-bond acceptors (Lipinski definition) is 3. The van der Waals surface area contributed by atoms with Gasteiger partial charge in [0.2, 0.25) is 0 Å². The molecule has 0 rings (SSSR count). The third kappa shape index (κ3) is 10.6. The molecule has 0 bridgehead atoms. The SMILES string of the molecule is CCCCCCCNC(CN(C)CCC)N(C)CCC. The highest BCUT2D eigenvalue weighted by atomic mass is 15.3. The Morgan fingerprint density at radius 1 is 0.800 bits per heavy atom. The topological polar surface area (TPSA) is 18.5 Å². The van der Waals surface area contributed by atoms with Crippen molar-refractivity contribution in [3.05, 3.63) is 0 Å². The molecule has 3 nitrogen and oxygen atoms in total. The molecular formula is C17H39N3. The maximum Gasteiger partial charge on any atom is 0.0725 e. The zero-order chi connectivity index (χ0) is 15.2. The molecule has 20 heavy (non-hydrogen) atoms. The average Bonchev–Trinajstić information content (AvgIpc) is 2.41. The van der Waals surface area contributed by atoms with Gasteiger partial charge in [-0.2, -0.15) is 0 Å². The molecule has 0 saturated heterocycles. The molecule has 0 fully saturated rings. The van der Waals surface area contributed by atoms with Gasteiger partial charge in [0, 0.05) is 6.54 Å². The third-order valence-corrected chi connectivity index (χ3v) is 3.86. The van der Waals surface area contributed by atoms with Crippen molar-refractivity contribution in [2.45, 2.75) is 71.9 Å². The van der Waals surface area contributed by atoms with Crippen molar-refractivity contribution in [1.82, 2.24) is 15.1 Å². The second kappa shape index (κ2) is 13.8. The molecule has 1 atom stereocenters. The summed E-state index contributed by atoms with van der Waals surface area (Å²) in [4.78, 5) is 4.92. The first kappa shape index (κ1) is 19.9. The number of nitrogens with one attached hydrogen (secondary N) is 1. The smallest absolute Gasteiger partial charge is 0.0725 e. The lowest BCUT2D eigenvalue weighted by Gasteiger charge is -2.32. The number of nitrogens with zero attached hydrogens (tertiary/aromatic N) is 2. The van der Waals surface area contributed by atoms with Crippen molar-refractivity contribution in [3.63, 3.8) is 0 Å². The van der Waals surface area contributed by atoms with Crippen LogP contribution in [0.2, 0.25) is 0 Å². The van der Waals surface area contributed by atoms with Gasteiger partial charge in [-0.25, -0.2) is 0 Å². The monoisotopic (exact) mass is 285 g/mol. The molecule has 0 aromatic heterocycles. The number of rotatable bonds is 14. The van der Waals surface area contributed by atoms with Crippen molar-refractivity contribution in [2.75, 3.05) is 40.3 Å². The van der Waals surface area contributed by atoms with Crippen LogP contribution in [0.1, 0.15) is 65.7 Å². The van der Waals surface area contributed by atoms with Crippen molar-refractivity contribution in [3.8, 4) is 0 Å². The Morgan fingerprint density at radius 2 is 1.45 bits per heavy atom. The van der Waals surface area contributed by atoms with Gasteiger partial charge in [-0.1, -0.05) is 46.5 Å². The van der Waals surface area contributed by atoms with E-state index >= 15 is 0 Å². The number of unbranched alkanes of at least 4 members (excludes halogenated alkanes) is 4. The van der Waals surface area contributed by atoms with Gasteiger partial charge in [0.05, 0.1) is 6.17 Å². The molecule has 1 N–H and O–H groups in total. The van der Waals surface area contributed by atoms with Crippen molar-refractivity contribution in [2.24, 2.45) is 0 Å². The van der Waals surface area contributed by atoms with Crippen LogP contribution in [0, 0.1) is 0 Å². The molecule has 0 aliphatic carbocycles. The first-order valence-corrected chi connectivity index (χ1v) is 8.77. The van der Waals surface area contributed by atoms with E-state index in [0.717, 1.165) is 13.1 Å². The molecule has 0 heterocycles. The van der Waals surface area contributed by atoms with Crippen molar-refractivity contribution < 1.29 is 0 Å². The normalized spacial score (nSPS) is 13.3. The molecular weight excluding hydrogens is 246 g/mol. The first-order chi connectivity index (χ1) is 9.65. The summed E-state index contributed by atoms with van der Waals surface area (Å²) in [5, 5.41) is 3.75. The lowest BCUT2D eigenvalue weighted by molar-refractivity contribution is 0.151. The van der Waals surface area contributed by atoms with Gasteiger partial charge in [-0.15, -0.1) is 0 Å². The molecule has 3 heteroatoms. The van der Waals surface area contributed by atoms with Gasteiger partial charge < -0.3 is 10.2 Å². The molecule has 0 aromatic rings. The van der Waals surface area contributed by atoms with E-state index in [1.807, 2.05) is 0 Å². The number of likely N-dealkylation sites (N-methyl/N-ethyl adjacent to an activating group) is 2. The van der Waals surface area contributed by atoms with Crippen molar-refractivity contribution in [1.29, 1.82) is 0 Å². The molecule has 0 aliphatic rings. The molecule has 0 aliphatic heterocycles. The summed E-state index contributed by atoms with van der Waals surface area (Å²) in [7, 11) is 4.48. The van der Waals surface area contributed by atoms with Crippen LogP contribution >= 0.6 is 0 Å². The van der Waals surface area contributed by atoms with Gasteiger partial charge in [-0.05, 0) is 53.0 Å². The predicted molar refractivity (Wildman–Crippen MR) is 91.3 cm³/mol. The van der Waals surface area contributed by atoms with Gasteiger partial charge >= 0.3 is 0 Å². The summed E-state index contributed by atoms with van der Waals surface area (Å²) in [5.74, 6) is 0. The highest BCUT2D eigenvalue weighted by molar-refractivity contribution is 4.70. The molecule has 0 aromatic carbocycles. The van der Waals surface area contributed by atoms with Crippen LogP contribution in [-0.2, 0) is 0 Å². The minimum atomic E-state index is 0.498. The summed E-state index contributed by atoms with van der Waals surface area (Å²) in [5.41, 5.74) is 0. The van der Waals surface area contributed by atoms with Crippen LogP contribution < -0.4 is 5.32 Å². The highest BCUT2D eigenvalue weighted by Gasteiger charge is 2.14. The Bertz CT molecular complexity index is 197. The molecule has 0 amide bonds. The standard InChI is InChI=1S/C17H39N3/c1-6-9-10-11-12-13-18-17(20(5)15-8-3)16-19(4)14-7-2/h17-18H,6-16H2,1-5H3. The van der Waals surface area contributed by atoms with Crippen LogP contribution in [0.15, 0.2) is 0 Å². The predicted octanol–water partition coefficient (Wildman–Crippen LogP) is 3.56. The van der Waals surface area contributed by atoms with Crippen LogP contribution in [0.25, 0.3) is 0 Å². The minimum Gasteiger partial charge on any atom is -0.303 e. The maximum atomic E-state index is 3.75. The molecule has 0 saturated carbocycles. The Hall–Kier alpha value is -0.120.